The molecule has 28 heavy (non-hydrogen) atoms. The molecule has 0 fully saturated rings. The zero-order chi connectivity index (χ0) is 21.8. The topological polar surface area (TPSA) is 50.1 Å². The molecule has 3 nitrogen and oxygen atoms in total. The van der Waals surface area contributed by atoms with Crippen molar-refractivity contribution in [1.82, 2.24) is 10.6 Å². The van der Waals surface area contributed by atoms with E-state index in [1.165, 1.54) is 5.56 Å². The Kier molecular flexibility index (Phi) is 18.1. The first kappa shape index (κ1) is 27.1. The van der Waals surface area contributed by atoms with E-state index in [-0.39, 0.29) is 0 Å². The summed E-state index contributed by atoms with van der Waals surface area (Å²) in [7, 11) is 1.76. The quantitative estimate of drug-likeness (QED) is 0.242. The lowest BCUT2D eigenvalue weighted by atomic mass is 10.1. The maximum atomic E-state index is 5.93. The molecule has 4 N–H and O–H groups in total. The Morgan fingerprint density at radius 3 is 2.07 bits per heavy atom. The Balaban J connectivity index is 0. The normalized spacial score (nSPS) is 11.0. The summed E-state index contributed by atoms with van der Waals surface area (Å²) in [4.78, 5) is 0.574. The summed E-state index contributed by atoms with van der Waals surface area (Å²) in [5, 5.41) is 5.86. The highest BCUT2D eigenvalue weighted by Gasteiger charge is 2.08. The van der Waals surface area contributed by atoms with Gasteiger partial charge < -0.3 is 16.4 Å². The molecular formula is C24H33N3S. The van der Waals surface area contributed by atoms with E-state index in [2.05, 4.69) is 36.9 Å². The summed E-state index contributed by atoms with van der Waals surface area (Å²) < 4.78 is 0. The predicted molar refractivity (Wildman–Crippen MR) is 132 cm³/mol. The molecule has 0 aliphatic rings. The van der Waals surface area contributed by atoms with Gasteiger partial charge in [0.2, 0.25) is 0 Å². The average Bonchev–Trinajstić information content (AvgIpc) is 2.72. The fraction of sp³-hybridized carbons (Fsp3) is 0.125. The number of hydrogen-bond donors (Lipinski definition) is 3. The highest BCUT2D eigenvalue weighted by Crippen LogP contribution is 2.09. The van der Waals surface area contributed by atoms with E-state index in [0.29, 0.717) is 10.8 Å². The number of rotatable bonds is 7. The van der Waals surface area contributed by atoms with Crippen molar-refractivity contribution >= 4 is 23.3 Å². The molecule has 0 saturated heterocycles. The second-order valence-electron chi connectivity index (χ2n) is 5.18. The largest absolute Gasteiger partial charge is 0.385 e. The Bertz CT molecular complexity index is 711. The van der Waals surface area contributed by atoms with Crippen LogP contribution >= 0.6 is 12.2 Å². The van der Waals surface area contributed by atoms with Gasteiger partial charge in [0.15, 0.2) is 0 Å². The van der Waals surface area contributed by atoms with Crippen molar-refractivity contribution in [3.8, 4) is 0 Å². The smallest absolute Gasteiger partial charge is 0.111 e. The van der Waals surface area contributed by atoms with Gasteiger partial charge in [0.05, 0.1) is 5.57 Å². The third-order valence-electron chi connectivity index (χ3n) is 3.05. The molecule has 0 radical (unpaired) electrons. The molecule has 4 heteroatoms. The predicted octanol–water partition coefficient (Wildman–Crippen LogP) is 5.65. The van der Waals surface area contributed by atoms with Crippen LogP contribution in [0.3, 0.4) is 0 Å². The molecule has 0 saturated carbocycles. The van der Waals surface area contributed by atoms with Crippen LogP contribution in [0.15, 0.2) is 110 Å². The molecule has 1 aromatic carbocycles. The fourth-order valence-electron chi connectivity index (χ4n) is 1.77. The molecule has 1 rings (SSSR count). The van der Waals surface area contributed by atoms with E-state index < -0.39 is 0 Å². The molecular weight excluding hydrogens is 362 g/mol. The number of thiocarbonyl (C=S) groups is 1. The van der Waals surface area contributed by atoms with Gasteiger partial charge in [-0.3, -0.25) is 0 Å². The molecule has 0 amide bonds. The van der Waals surface area contributed by atoms with Crippen LogP contribution in [0.2, 0.25) is 0 Å². The first-order valence-electron chi connectivity index (χ1n) is 8.74. The van der Waals surface area contributed by atoms with Crippen LogP contribution in [0.5, 0.6) is 0 Å². The van der Waals surface area contributed by atoms with Crippen LogP contribution in [0, 0.1) is 0 Å². The number of nitrogens with one attached hydrogen (secondary N) is 2. The van der Waals surface area contributed by atoms with Gasteiger partial charge in [-0.25, -0.2) is 0 Å². The summed E-state index contributed by atoms with van der Waals surface area (Å²) in [5.41, 5.74) is 8.65. The van der Waals surface area contributed by atoms with Gasteiger partial charge in [-0.15, -0.1) is 13.2 Å². The van der Waals surface area contributed by atoms with E-state index in [1.807, 2.05) is 80.6 Å². The SMILES string of the molecule is C=C.C=C(C)/C(C(=S)NC)=C(\N)NC=C/C=C\C=C/C.C=Cc1ccccc1. The average molecular weight is 396 g/mol. The van der Waals surface area contributed by atoms with Crippen LogP contribution in [0.25, 0.3) is 6.08 Å². The van der Waals surface area contributed by atoms with Crippen LogP contribution in [0.1, 0.15) is 19.4 Å². The van der Waals surface area contributed by atoms with Crippen LogP contribution in [0.4, 0.5) is 0 Å². The van der Waals surface area contributed by atoms with Gasteiger partial charge in [-0.05, 0) is 31.1 Å². The maximum Gasteiger partial charge on any atom is 0.111 e. The maximum absolute atomic E-state index is 5.93. The number of allylic oxidation sites excluding steroid dienone is 5. The van der Waals surface area contributed by atoms with Gasteiger partial charge in [0, 0.05) is 13.2 Å². The molecule has 0 heterocycles. The summed E-state index contributed by atoms with van der Waals surface area (Å²) >= 11 is 5.17. The molecule has 0 aromatic heterocycles. The lowest BCUT2D eigenvalue weighted by Crippen LogP contribution is -2.26. The van der Waals surface area contributed by atoms with Crippen molar-refractivity contribution in [1.29, 1.82) is 0 Å². The highest BCUT2D eigenvalue weighted by atomic mass is 32.1. The summed E-state index contributed by atoms with van der Waals surface area (Å²) in [6.45, 7) is 17.3. The number of hydrogen-bond acceptors (Lipinski definition) is 3. The van der Waals surface area contributed by atoms with Gasteiger partial charge in [0.1, 0.15) is 10.8 Å². The third-order valence-corrected chi connectivity index (χ3v) is 3.45. The van der Waals surface area contributed by atoms with E-state index in [0.717, 1.165) is 11.1 Å². The molecule has 1 aromatic rings. The molecule has 0 bridgehead atoms. The monoisotopic (exact) mass is 395 g/mol. The van der Waals surface area contributed by atoms with Crippen molar-refractivity contribution < 1.29 is 0 Å². The van der Waals surface area contributed by atoms with Crippen molar-refractivity contribution in [3.63, 3.8) is 0 Å². The van der Waals surface area contributed by atoms with Gasteiger partial charge in [-0.2, -0.15) is 0 Å². The van der Waals surface area contributed by atoms with Crippen molar-refractivity contribution in [2.24, 2.45) is 5.73 Å². The minimum atomic E-state index is 0.484. The van der Waals surface area contributed by atoms with Crippen molar-refractivity contribution in [3.05, 3.63) is 116 Å². The number of nitrogens with two attached hydrogens (primary N) is 1. The fourth-order valence-corrected chi connectivity index (χ4v) is 2.05. The Morgan fingerprint density at radius 2 is 1.64 bits per heavy atom. The third kappa shape index (κ3) is 13.1. The molecule has 0 aliphatic carbocycles. The van der Waals surface area contributed by atoms with Crippen LogP contribution in [-0.2, 0) is 0 Å². The summed E-state index contributed by atoms with van der Waals surface area (Å²) in [6, 6.07) is 10.0. The zero-order valence-corrected chi connectivity index (χ0v) is 18.1. The summed E-state index contributed by atoms with van der Waals surface area (Å²) in [6.07, 6.45) is 13.2. The first-order valence-corrected chi connectivity index (χ1v) is 9.14. The van der Waals surface area contributed by atoms with Crippen molar-refractivity contribution in [2.75, 3.05) is 7.05 Å². The number of benzene rings is 1. The van der Waals surface area contributed by atoms with Gasteiger partial charge in [-0.1, -0.05) is 86.1 Å². The van der Waals surface area contributed by atoms with Crippen molar-refractivity contribution in [2.45, 2.75) is 13.8 Å². The zero-order valence-electron chi connectivity index (χ0n) is 17.2. The Morgan fingerprint density at radius 1 is 1.07 bits per heavy atom. The minimum absolute atomic E-state index is 0.484. The Hall–Kier alpha value is -3.11. The molecule has 0 unspecified atom stereocenters. The molecule has 0 aliphatic heterocycles. The van der Waals surface area contributed by atoms with E-state index in [9.17, 15) is 0 Å². The van der Waals surface area contributed by atoms with E-state index >= 15 is 0 Å². The molecule has 0 atom stereocenters. The van der Waals surface area contributed by atoms with Crippen LogP contribution in [-0.4, -0.2) is 12.0 Å². The van der Waals surface area contributed by atoms with Gasteiger partial charge in [0.25, 0.3) is 0 Å². The van der Waals surface area contributed by atoms with E-state index in [4.69, 9.17) is 18.0 Å². The molecule has 150 valence electrons. The summed E-state index contributed by atoms with van der Waals surface area (Å²) in [5.74, 6) is 0.484. The lowest BCUT2D eigenvalue weighted by molar-refractivity contribution is 1.00. The first-order chi connectivity index (χ1) is 13.5. The minimum Gasteiger partial charge on any atom is -0.385 e. The second kappa shape index (κ2) is 18.7. The lowest BCUT2D eigenvalue weighted by Gasteiger charge is -2.12. The van der Waals surface area contributed by atoms with Gasteiger partial charge >= 0.3 is 0 Å². The number of likely N-dealkylation sites (N-methyl/N-ethyl adjacent to an activating group) is 1. The van der Waals surface area contributed by atoms with Crippen LogP contribution < -0.4 is 16.4 Å². The standard InChI is InChI=1S/C14H21N3S.C8H8.C2H4/c1-5-6-7-8-9-10-17-13(15)12(11(2)3)14(18)16-4;1-2-8-6-4-3-5-7-8;1-2/h5-10,17H,2,15H2,1,3-4H3,(H,16,18);2-7H,1H2;1-2H2/b6-5-,8-7-,10-9?,13-12-;;. The Labute approximate surface area is 176 Å². The molecule has 0 spiro atoms. The highest BCUT2D eigenvalue weighted by molar-refractivity contribution is 7.80. The van der Waals surface area contributed by atoms with E-state index in [1.54, 1.807) is 13.2 Å². The second-order valence-corrected chi connectivity index (χ2v) is 5.59.